The van der Waals surface area contributed by atoms with E-state index in [0.717, 1.165) is 6.54 Å². The van der Waals surface area contributed by atoms with Gasteiger partial charge in [0.05, 0.1) is 0 Å². The molecule has 1 aromatic rings. The Bertz CT molecular complexity index is 335. The Kier molecular flexibility index (Phi) is 3.34. The van der Waals surface area contributed by atoms with Gasteiger partial charge in [-0.3, -0.25) is 0 Å². The minimum atomic E-state index is 0.470. The van der Waals surface area contributed by atoms with Gasteiger partial charge in [0.1, 0.15) is 0 Å². The maximum Gasteiger partial charge on any atom is 0.0292 e. The van der Waals surface area contributed by atoms with Crippen molar-refractivity contribution in [3.8, 4) is 0 Å². The zero-order valence-electron chi connectivity index (χ0n) is 10.7. The highest BCUT2D eigenvalue weighted by atomic mass is 14.9. The molecule has 16 heavy (non-hydrogen) atoms. The van der Waals surface area contributed by atoms with E-state index in [4.69, 9.17) is 0 Å². The molecule has 1 fully saturated rings. The van der Waals surface area contributed by atoms with E-state index in [2.05, 4.69) is 50.4 Å². The molecule has 0 spiro atoms. The molecule has 88 valence electrons. The number of rotatable bonds is 4. The van der Waals surface area contributed by atoms with Crippen LogP contribution in [0.5, 0.6) is 0 Å². The Labute approximate surface area is 99.3 Å². The molecule has 0 saturated heterocycles. The average molecular weight is 217 g/mol. The molecule has 1 aromatic carbocycles. The molecule has 1 nitrogen and oxygen atoms in total. The van der Waals surface area contributed by atoms with Gasteiger partial charge >= 0.3 is 0 Å². The fourth-order valence-corrected chi connectivity index (χ4v) is 2.33. The molecule has 0 heterocycles. The van der Waals surface area contributed by atoms with Crippen molar-refractivity contribution in [3.63, 3.8) is 0 Å². The summed E-state index contributed by atoms with van der Waals surface area (Å²) in [4.78, 5) is 0. The van der Waals surface area contributed by atoms with Gasteiger partial charge in [-0.2, -0.15) is 0 Å². The summed E-state index contributed by atoms with van der Waals surface area (Å²) in [6, 6.07) is 9.32. The van der Waals surface area contributed by atoms with Crippen LogP contribution in [-0.4, -0.2) is 6.54 Å². The summed E-state index contributed by atoms with van der Waals surface area (Å²) in [5.74, 6) is 0. The molecule has 1 aliphatic rings. The third kappa shape index (κ3) is 2.65. The Balaban J connectivity index is 1.87. The Hall–Kier alpha value is -0.820. The lowest BCUT2D eigenvalue weighted by Gasteiger charge is -2.39. The number of aryl methyl sites for hydroxylation is 1. The summed E-state index contributed by atoms with van der Waals surface area (Å²) in [7, 11) is 0. The van der Waals surface area contributed by atoms with Crippen LogP contribution >= 0.6 is 0 Å². The van der Waals surface area contributed by atoms with Crippen molar-refractivity contribution in [1.29, 1.82) is 0 Å². The van der Waals surface area contributed by atoms with Gasteiger partial charge in [0.15, 0.2) is 0 Å². The van der Waals surface area contributed by atoms with Gasteiger partial charge in [-0.25, -0.2) is 0 Å². The summed E-state index contributed by atoms with van der Waals surface area (Å²) in [5.41, 5.74) is 3.30. The van der Waals surface area contributed by atoms with Crippen LogP contribution in [0.1, 0.15) is 50.3 Å². The summed E-state index contributed by atoms with van der Waals surface area (Å²) in [6.07, 6.45) is 4.19. The molecule has 1 saturated carbocycles. The molecule has 0 radical (unpaired) electrons. The predicted octanol–water partition coefficient (Wildman–Crippen LogP) is 3.84. The third-order valence-electron chi connectivity index (χ3n) is 3.97. The first-order valence-electron chi connectivity index (χ1n) is 6.39. The molecular formula is C15H23N. The summed E-state index contributed by atoms with van der Waals surface area (Å²) in [6.45, 7) is 7.94. The summed E-state index contributed by atoms with van der Waals surface area (Å²) < 4.78 is 0. The second-order valence-electron chi connectivity index (χ2n) is 5.68. The molecular weight excluding hydrogens is 194 g/mol. The largest absolute Gasteiger partial charge is 0.310 e. The molecule has 1 heteroatoms. The van der Waals surface area contributed by atoms with Crippen LogP contribution in [0, 0.1) is 12.3 Å². The van der Waals surface area contributed by atoms with E-state index in [0.29, 0.717) is 11.5 Å². The molecule has 1 aliphatic carbocycles. The van der Waals surface area contributed by atoms with Gasteiger partial charge in [0, 0.05) is 12.6 Å². The summed E-state index contributed by atoms with van der Waals surface area (Å²) in [5, 5.41) is 3.66. The Morgan fingerprint density at radius 3 is 2.38 bits per heavy atom. The second-order valence-corrected chi connectivity index (χ2v) is 5.68. The van der Waals surface area contributed by atoms with Crippen LogP contribution in [-0.2, 0) is 0 Å². The highest BCUT2D eigenvalue weighted by Crippen LogP contribution is 2.39. The smallest absolute Gasteiger partial charge is 0.0292 e. The second kappa shape index (κ2) is 4.58. The zero-order valence-corrected chi connectivity index (χ0v) is 10.7. The van der Waals surface area contributed by atoms with Crippen molar-refractivity contribution in [2.45, 2.75) is 46.1 Å². The number of hydrogen-bond donors (Lipinski definition) is 1. The van der Waals surface area contributed by atoms with E-state index in [9.17, 15) is 0 Å². The van der Waals surface area contributed by atoms with Gasteiger partial charge in [0.25, 0.3) is 0 Å². The lowest BCUT2D eigenvalue weighted by molar-refractivity contribution is 0.152. The van der Waals surface area contributed by atoms with Crippen LogP contribution < -0.4 is 5.32 Å². The van der Waals surface area contributed by atoms with Crippen LogP contribution in [0.3, 0.4) is 0 Å². The standard InChI is InChI=1S/C15H23N/c1-12-5-7-14(8-6-12)13(2)16-11-15(3)9-4-10-15/h5-8,13,16H,4,9-11H2,1-3H3. The van der Waals surface area contributed by atoms with Crippen molar-refractivity contribution >= 4 is 0 Å². The van der Waals surface area contributed by atoms with E-state index in [-0.39, 0.29) is 0 Å². The number of benzene rings is 1. The van der Waals surface area contributed by atoms with E-state index < -0.39 is 0 Å². The molecule has 2 rings (SSSR count). The van der Waals surface area contributed by atoms with Gasteiger partial charge in [-0.1, -0.05) is 43.2 Å². The molecule has 0 amide bonds. The van der Waals surface area contributed by atoms with Gasteiger partial charge < -0.3 is 5.32 Å². The third-order valence-corrected chi connectivity index (χ3v) is 3.97. The van der Waals surface area contributed by atoms with Crippen molar-refractivity contribution in [3.05, 3.63) is 35.4 Å². The quantitative estimate of drug-likeness (QED) is 0.808. The van der Waals surface area contributed by atoms with Crippen molar-refractivity contribution in [1.82, 2.24) is 5.32 Å². The predicted molar refractivity (Wildman–Crippen MR) is 69.6 cm³/mol. The zero-order chi connectivity index (χ0) is 11.6. The maximum absolute atomic E-state index is 3.66. The van der Waals surface area contributed by atoms with Crippen LogP contribution in [0.15, 0.2) is 24.3 Å². The molecule has 1 atom stereocenters. The number of hydrogen-bond acceptors (Lipinski definition) is 1. The fraction of sp³-hybridized carbons (Fsp3) is 0.600. The average Bonchev–Trinajstić information content (AvgIpc) is 2.24. The SMILES string of the molecule is Cc1ccc(C(C)NCC2(C)CCC2)cc1. The molecule has 0 aromatic heterocycles. The van der Waals surface area contributed by atoms with Crippen molar-refractivity contribution in [2.75, 3.05) is 6.54 Å². The molecule has 0 aliphatic heterocycles. The summed E-state index contributed by atoms with van der Waals surface area (Å²) >= 11 is 0. The lowest BCUT2D eigenvalue weighted by atomic mass is 9.70. The fourth-order valence-electron chi connectivity index (χ4n) is 2.33. The van der Waals surface area contributed by atoms with Gasteiger partial charge in [-0.05, 0) is 37.7 Å². The highest BCUT2D eigenvalue weighted by Gasteiger charge is 2.31. The number of nitrogens with one attached hydrogen (secondary N) is 1. The minimum absolute atomic E-state index is 0.470. The monoisotopic (exact) mass is 217 g/mol. The van der Waals surface area contributed by atoms with E-state index >= 15 is 0 Å². The van der Waals surface area contributed by atoms with Crippen molar-refractivity contribution < 1.29 is 0 Å². The highest BCUT2D eigenvalue weighted by molar-refractivity contribution is 5.23. The normalized spacial score (nSPS) is 20.2. The van der Waals surface area contributed by atoms with Crippen molar-refractivity contribution in [2.24, 2.45) is 5.41 Å². The van der Waals surface area contributed by atoms with Crippen LogP contribution in [0.25, 0.3) is 0 Å². The van der Waals surface area contributed by atoms with E-state index in [1.54, 1.807) is 0 Å². The minimum Gasteiger partial charge on any atom is -0.310 e. The molecule has 1 unspecified atom stereocenters. The molecule has 0 bridgehead atoms. The topological polar surface area (TPSA) is 12.0 Å². The Morgan fingerprint density at radius 1 is 1.25 bits per heavy atom. The van der Waals surface area contributed by atoms with E-state index in [1.165, 1.54) is 30.4 Å². The van der Waals surface area contributed by atoms with Gasteiger partial charge in [0.2, 0.25) is 0 Å². The lowest BCUT2D eigenvalue weighted by Crippen LogP contribution is -2.38. The first kappa shape index (κ1) is 11.7. The first-order valence-corrected chi connectivity index (χ1v) is 6.39. The Morgan fingerprint density at radius 2 is 1.88 bits per heavy atom. The van der Waals surface area contributed by atoms with E-state index in [1.807, 2.05) is 0 Å². The van der Waals surface area contributed by atoms with Crippen LogP contribution in [0.4, 0.5) is 0 Å². The maximum atomic E-state index is 3.66. The molecule has 1 N–H and O–H groups in total. The van der Waals surface area contributed by atoms with Crippen LogP contribution in [0.2, 0.25) is 0 Å². The first-order chi connectivity index (χ1) is 7.59. The van der Waals surface area contributed by atoms with Gasteiger partial charge in [-0.15, -0.1) is 0 Å².